The second kappa shape index (κ2) is 4.39. The Morgan fingerprint density at radius 3 is 2.56 bits per heavy atom. The van der Waals surface area contributed by atoms with Crippen LogP contribution in [0.1, 0.15) is 22.9 Å². The number of anilines is 1. The van der Waals surface area contributed by atoms with Gasteiger partial charge >= 0.3 is 0 Å². The molecule has 0 aliphatic heterocycles. The number of hydrogen-bond acceptors (Lipinski definition) is 3. The molecule has 0 aromatic carbocycles. The topological polar surface area (TPSA) is 38.1 Å². The van der Waals surface area contributed by atoms with Crippen molar-refractivity contribution in [2.75, 3.05) is 5.32 Å². The van der Waals surface area contributed by atoms with E-state index in [0.717, 1.165) is 28.6 Å². The molecule has 0 bridgehead atoms. The predicted octanol–water partition coefficient (Wildman–Crippen LogP) is 3.21. The Bertz CT molecular complexity index is 488. The summed E-state index contributed by atoms with van der Waals surface area (Å²) in [4.78, 5) is 4.40. The van der Waals surface area contributed by atoms with Crippen molar-refractivity contribution in [3.63, 3.8) is 0 Å². The van der Waals surface area contributed by atoms with Gasteiger partial charge in [-0.05, 0) is 45.0 Å². The average Bonchev–Trinajstić information content (AvgIpc) is 2.63. The van der Waals surface area contributed by atoms with Crippen LogP contribution in [0.15, 0.2) is 28.7 Å². The lowest BCUT2D eigenvalue weighted by molar-refractivity contribution is 0.490. The number of nitrogens with one attached hydrogen (secondary N) is 1. The fourth-order valence-electron chi connectivity index (χ4n) is 1.64. The molecule has 2 rings (SSSR count). The van der Waals surface area contributed by atoms with Gasteiger partial charge in [0.2, 0.25) is 0 Å². The van der Waals surface area contributed by atoms with E-state index in [1.165, 1.54) is 0 Å². The first-order chi connectivity index (χ1) is 7.65. The zero-order chi connectivity index (χ0) is 11.5. The molecule has 0 aliphatic carbocycles. The molecule has 16 heavy (non-hydrogen) atoms. The van der Waals surface area contributed by atoms with E-state index in [-0.39, 0.29) is 0 Å². The maximum absolute atomic E-state index is 5.49. The smallest absolute Gasteiger partial charge is 0.123 e. The van der Waals surface area contributed by atoms with Crippen molar-refractivity contribution in [2.24, 2.45) is 0 Å². The average molecular weight is 216 g/mol. The summed E-state index contributed by atoms with van der Waals surface area (Å²) >= 11 is 0. The largest absolute Gasteiger partial charge is 0.465 e. The first-order valence-corrected chi connectivity index (χ1v) is 5.38. The second-order valence-electron chi connectivity index (χ2n) is 3.95. The minimum absolute atomic E-state index is 0.694. The highest BCUT2D eigenvalue weighted by atomic mass is 16.3. The molecule has 0 aliphatic rings. The molecular weight excluding hydrogens is 200 g/mol. The van der Waals surface area contributed by atoms with E-state index < -0.39 is 0 Å². The lowest BCUT2D eigenvalue weighted by Crippen LogP contribution is -2.01. The van der Waals surface area contributed by atoms with Gasteiger partial charge in [0.05, 0.1) is 17.9 Å². The summed E-state index contributed by atoms with van der Waals surface area (Å²) in [6.07, 6.45) is 0. The lowest BCUT2D eigenvalue weighted by atomic mass is 10.2. The maximum Gasteiger partial charge on any atom is 0.123 e. The molecule has 3 heteroatoms. The van der Waals surface area contributed by atoms with Crippen LogP contribution in [0.5, 0.6) is 0 Å². The SMILES string of the molecule is Cc1ccc(NCc2ccc(C)o2)c(C)n1. The van der Waals surface area contributed by atoms with E-state index in [2.05, 4.69) is 10.3 Å². The van der Waals surface area contributed by atoms with Crippen molar-refractivity contribution in [2.45, 2.75) is 27.3 Å². The van der Waals surface area contributed by atoms with Crippen LogP contribution < -0.4 is 5.32 Å². The van der Waals surface area contributed by atoms with E-state index in [1.54, 1.807) is 0 Å². The van der Waals surface area contributed by atoms with Crippen LogP contribution in [-0.2, 0) is 6.54 Å². The van der Waals surface area contributed by atoms with Gasteiger partial charge in [0, 0.05) is 5.69 Å². The van der Waals surface area contributed by atoms with Gasteiger partial charge in [-0.15, -0.1) is 0 Å². The number of aromatic nitrogens is 1. The number of hydrogen-bond donors (Lipinski definition) is 1. The first kappa shape index (κ1) is 10.7. The van der Waals surface area contributed by atoms with Gasteiger partial charge in [-0.1, -0.05) is 0 Å². The van der Waals surface area contributed by atoms with Gasteiger partial charge in [-0.3, -0.25) is 4.98 Å². The van der Waals surface area contributed by atoms with Crippen molar-refractivity contribution in [1.82, 2.24) is 4.98 Å². The van der Waals surface area contributed by atoms with Crippen molar-refractivity contribution >= 4 is 5.69 Å². The van der Waals surface area contributed by atoms with Gasteiger partial charge in [-0.25, -0.2) is 0 Å². The minimum atomic E-state index is 0.694. The van der Waals surface area contributed by atoms with Crippen LogP contribution in [0.2, 0.25) is 0 Å². The number of rotatable bonds is 3. The highest BCUT2D eigenvalue weighted by Crippen LogP contribution is 2.14. The number of furan rings is 1. The Kier molecular flexibility index (Phi) is 2.95. The van der Waals surface area contributed by atoms with Crippen LogP contribution in [0, 0.1) is 20.8 Å². The summed E-state index contributed by atoms with van der Waals surface area (Å²) in [5.41, 5.74) is 3.11. The molecule has 2 aromatic rings. The van der Waals surface area contributed by atoms with Crippen LogP contribution in [0.4, 0.5) is 5.69 Å². The van der Waals surface area contributed by atoms with Crippen molar-refractivity contribution in [3.8, 4) is 0 Å². The highest BCUT2D eigenvalue weighted by Gasteiger charge is 2.01. The van der Waals surface area contributed by atoms with E-state index >= 15 is 0 Å². The zero-order valence-corrected chi connectivity index (χ0v) is 9.87. The quantitative estimate of drug-likeness (QED) is 0.856. The van der Waals surface area contributed by atoms with Gasteiger partial charge in [-0.2, -0.15) is 0 Å². The Morgan fingerprint density at radius 1 is 1.12 bits per heavy atom. The van der Waals surface area contributed by atoms with Crippen molar-refractivity contribution in [1.29, 1.82) is 0 Å². The molecule has 2 heterocycles. The fraction of sp³-hybridized carbons (Fsp3) is 0.308. The van der Waals surface area contributed by atoms with Crippen LogP contribution in [0.25, 0.3) is 0 Å². The third-order valence-electron chi connectivity index (χ3n) is 2.47. The second-order valence-corrected chi connectivity index (χ2v) is 3.95. The highest BCUT2D eigenvalue weighted by molar-refractivity contribution is 5.47. The van der Waals surface area contributed by atoms with Crippen molar-refractivity contribution in [3.05, 3.63) is 47.2 Å². The standard InChI is InChI=1S/C13H16N2O/c1-9-4-7-13(11(3)15-9)14-8-12-6-5-10(2)16-12/h4-7,14H,8H2,1-3H3. The third kappa shape index (κ3) is 2.42. The van der Waals surface area contributed by atoms with Crippen LogP contribution in [-0.4, -0.2) is 4.98 Å². The van der Waals surface area contributed by atoms with Crippen molar-refractivity contribution < 1.29 is 4.42 Å². The molecule has 0 amide bonds. The summed E-state index contributed by atoms with van der Waals surface area (Å²) in [5, 5.41) is 3.31. The molecule has 0 saturated carbocycles. The summed E-state index contributed by atoms with van der Waals surface area (Å²) in [6.45, 7) is 6.64. The van der Waals surface area contributed by atoms with Crippen LogP contribution >= 0.6 is 0 Å². The maximum atomic E-state index is 5.49. The van der Waals surface area contributed by atoms with Gasteiger partial charge in [0.15, 0.2) is 0 Å². The molecule has 0 fully saturated rings. The summed E-state index contributed by atoms with van der Waals surface area (Å²) in [5.74, 6) is 1.88. The van der Waals surface area contributed by atoms with Crippen LogP contribution in [0.3, 0.4) is 0 Å². The van der Waals surface area contributed by atoms with E-state index in [4.69, 9.17) is 4.42 Å². The Morgan fingerprint density at radius 2 is 1.94 bits per heavy atom. The molecule has 0 radical (unpaired) electrons. The summed E-state index contributed by atoms with van der Waals surface area (Å²) in [6, 6.07) is 8.01. The summed E-state index contributed by atoms with van der Waals surface area (Å²) < 4.78 is 5.49. The lowest BCUT2D eigenvalue weighted by Gasteiger charge is -2.07. The molecule has 84 valence electrons. The van der Waals surface area contributed by atoms with E-state index in [0.29, 0.717) is 6.54 Å². The number of aryl methyl sites for hydroxylation is 3. The molecule has 3 nitrogen and oxygen atoms in total. The van der Waals surface area contributed by atoms with Gasteiger partial charge in [0.1, 0.15) is 11.5 Å². The number of pyridine rings is 1. The minimum Gasteiger partial charge on any atom is -0.465 e. The zero-order valence-electron chi connectivity index (χ0n) is 9.87. The van der Waals surface area contributed by atoms with Gasteiger partial charge in [0.25, 0.3) is 0 Å². The monoisotopic (exact) mass is 216 g/mol. The predicted molar refractivity (Wildman–Crippen MR) is 64.5 cm³/mol. The molecule has 0 spiro atoms. The first-order valence-electron chi connectivity index (χ1n) is 5.38. The molecular formula is C13H16N2O. The number of nitrogens with zero attached hydrogens (tertiary/aromatic N) is 1. The normalized spacial score (nSPS) is 10.4. The van der Waals surface area contributed by atoms with Gasteiger partial charge < -0.3 is 9.73 Å². The molecule has 1 N–H and O–H groups in total. The molecule has 2 aromatic heterocycles. The third-order valence-corrected chi connectivity index (χ3v) is 2.47. The molecule has 0 saturated heterocycles. The Balaban J connectivity index is 2.04. The van der Waals surface area contributed by atoms with E-state index in [1.807, 2.05) is 45.0 Å². The Hall–Kier alpha value is -1.77. The fourth-order valence-corrected chi connectivity index (χ4v) is 1.64. The summed E-state index contributed by atoms with van der Waals surface area (Å²) in [7, 11) is 0. The Labute approximate surface area is 95.5 Å². The van der Waals surface area contributed by atoms with E-state index in [9.17, 15) is 0 Å². The molecule has 0 atom stereocenters. The molecule has 0 unspecified atom stereocenters.